The summed E-state index contributed by atoms with van der Waals surface area (Å²) in [6.45, 7) is -1.29. The van der Waals surface area contributed by atoms with Gasteiger partial charge in [-0.2, -0.15) is 23.4 Å². The number of anilines is 2. The van der Waals surface area contributed by atoms with E-state index < -0.39 is 30.6 Å². The molecule has 0 fully saturated rings. The Balaban J connectivity index is 1.74. The van der Waals surface area contributed by atoms with Crippen molar-refractivity contribution in [3.05, 3.63) is 42.6 Å². The van der Waals surface area contributed by atoms with Crippen LogP contribution in [0.5, 0.6) is 0 Å². The molecule has 0 bridgehead atoms. The number of hydrogen-bond acceptors (Lipinski definition) is 5. The van der Waals surface area contributed by atoms with Gasteiger partial charge in [0.25, 0.3) is 5.91 Å². The van der Waals surface area contributed by atoms with E-state index >= 15 is 0 Å². The van der Waals surface area contributed by atoms with Crippen LogP contribution in [0.25, 0.3) is 0 Å². The molecule has 8 nitrogen and oxygen atoms in total. The summed E-state index contributed by atoms with van der Waals surface area (Å²) in [5.41, 5.74) is 0.443. The number of aromatic nitrogens is 2. The number of carbonyl (C=O) groups is 2. The van der Waals surface area contributed by atoms with Crippen molar-refractivity contribution in [1.29, 1.82) is 0 Å². The van der Waals surface area contributed by atoms with Crippen molar-refractivity contribution in [1.82, 2.24) is 9.78 Å². The number of alkyl halides is 3. The molecule has 1 unspecified atom stereocenters. The standard InChI is InChI=1S/C16H14F3N5O3/c17-16(18,19)9-23-7-6-13(22-23)20-14(25)11-8-12(15(26)27)24(21-11)10-4-2-1-3-5-10/h1-7,12H,8-9H2,(H,26,27)(H,20,22,25). The summed E-state index contributed by atoms with van der Waals surface area (Å²) in [7, 11) is 0. The molecule has 142 valence electrons. The molecule has 0 saturated carbocycles. The van der Waals surface area contributed by atoms with Crippen LogP contribution in [0.3, 0.4) is 0 Å². The van der Waals surface area contributed by atoms with E-state index in [2.05, 4.69) is 15.5 Å². The highest BCUT2D eigenvalue weighted by Gasteiger charge is 2.36. The quantitative estimate of drug-likeness (QED) is 0.826. The number of rotatable bonds is 5. The van der Waals surface area contributed by atoms with Crippen LogP contribution < -0.4 is 10.3 Å². The molecule has 1 aromatic carbocycles. The van der Waals surface area contributed by atoms with Crippen LogP contribution in [0.4, 0.5) is 24.7 Å². The smallest absolute Gasteiger partial charge is 0.408 e. The fraction of sp³-hybridized carbons (Fsp3) is 0.250. The summed E-state index contributed by atoms with van der Waals surface area (Å²) in [5.74, 6) is -1.96. The van der Waals surface area contributed by atoms with Gasteiger partial charge in [0.2, 0.25) is 0 Å². The molecule has 1 aliphatic rings. The first kappa shape index (κ1) is 18.4. The molecule has 1 amide bonds. The minimum Gasteiger partial charge on any atom is -0.480 e. The molecule has 0 spiro atoms. The van der Waals surface area contributed by atoms with E-state index in [1.807, 2.05) is 0 Å². The van der Waals surface area contributed by atoms with Crippen molar-refractivity contribution >= 4 is 29.1 Å². The summed E-state index contributed by atoms with van der Waals surface area (Å²) in [5, 5.41) is 20.6. The number of carboxylic acids is 1. The van der Waals surface area contributed by atoms with Gasteiger partial charge in [-0.3, -0.25) is 14.5 Å². The second-order valence-corrected chi connectivity index (χ2v) is 5.75. The Kier molecular flexibility index (Phi) is 4.84. The molecule has 2 N–H and O–H groups in total. The van der Waals surface area contributed by atoms with Gasteiger partial charge in [-0.25, -0.2) is 4.79 Å². The summed E-state index contributed by atoms with van der Waals surface area (Å²) in [6.07, 6.45) is -3.51. The number of para-hydroxylation sites is 1. The van der Waals surface area contributed by atoms with Crippen molar-refractivity contribution in [2.45, 2.75) is 25.2 Å². The zero-order valence-corrected chi connectivity index (χ0v) is 13.7. The number of nitrogens with zero attached hydrogens (tertiary/aromatic N) is 4. The molecule has 0 aliphatic carbocycles. The fourth-order valence-corrected chi connectivity index (χ4v) is 2.55. The van der Waals surface area contributed by atoms with Crippen LogP contribution in [0, 0.1) is 0 Å². The van der Waals surface area contributed by atoms with Gasteiger partial charge >= 0.3 is 12.1 Å². The van der Waals surface area contributed by atoms with Crippen LogP contribution in [-0.4, -0.2) is 44.7 Å². The maximum absolute atomic E-state index is 12.4. The monoisotopic (exact) mass is 381 g/mol. The van der Waals surface area contributed by atoms with Crippen LogP contribution >= 0.6 is 0 Å². The van der Waals surface area contributed by atoms with Crippen LogP contribution in [0.2, 0.25) is 0 Å². The number of aliphatic carboxylic acids is 1. The van der Waals surface area contributed by atoms with Gasteiger partial charge in [0.05, 0.1) is 5.69 Å². The van der Waals surface area contributed by atoms with Crippen molar-refractivity contribution < 1.29 is 27.9 Å². The number of carboxylic acid groups (broad SMARTS) is 1. The Morgan fingerprint density at radius 3 is 2.56 bits per heavy atom. The van der Waals surface area contributed by atoms with Crippen molar-refractivity contribution in [2.24, 2.45) is 5.10 Å². The van der Waals surface area contributed by atoms with E-state index in [0.717, 1.165) is 6.20 Å². The molecule has 3 rings (SSSR count). The topological polar surface area (TPSA) is 99.8 Å². The number of benzene rings is 1. The maximum Gasteiger partial charge on any atom is 0.408 e. The molecular weight excluding hydrogens is 367 g/mol. The maximum atomic E-state index is 12.4. The molecule has 1 atom stereocenters. The Morgan fingerprint density at radius 2 is 1.93 bits per heavy atom. The minimum atomic E-state index is -4.44. The molecule has 1 aromatic heterocycles. The van der Waals surface area contributed by atoms with Gasteiger partial charge in [0, 0.05) is 18.7 Å². The molecule has 2 heterocycles. The highest BCUT2D eigenvalue weighted by atomic mass is 19.4. The van der Waals surface area contributed by atoms with Crippen molar-refractivity contribution in [2.75, 3.05) is 10.3 Å². The molecule has 27 heavy (non-hydrogen) atoms. The second kappa shape index (κ2) is 7.09. The molecular formula is C16H14F3N5O3. The first-order valence-corrected chi connectivity index (χ1v) is 7.79. The van der Waals surface area contributed by atoms with Crippen molar-refractivity contribution in [3.8, 4) is 0 Å². The molecule has 0 radical (unpaired) electrons. The van der Waals surface area contributed by atoms with E-state index in [1.54, 1.807) is 30.3 Å². The largest absolute Gasteiger partial charge is 0.480 e. The summed E-state index contributed by atoms with van der Waals surface area (Å²) in [6, 6.07) is 8.62. The lowest BCUT2D eigenvalue weighted by Crippen LogP contribution is -2.34. The molecule has 2 aromatic rings. The average Bonchev–Trinajstić information content (AvgIpc) is 3.21. The average molecular weight is 381 g/mol. The number of halogens is 3. The van der Waals surface area contributed by atoms with E-state index in [0.29, 0.717) is 10.4 Å². The Hall–Kier alpha value is -3.37. The van der Waals surface area contributed by atoms with Gasteiger partial charge in [-0.15, -0.1) is 0 Å². The predicted molar refractivity (Wildman–Crippen MR) is 89.3 cm³/mol. The van der Waals surface area contributed by atoms with Gasteiger partial charge in [0.15, 0.2) is 11.9 Å². The fourth-order valence-electron chi connectivity index (χ4n) is 2.55. The number of hydrogen-bond donors (Lipinski definition) is 2. The normalized spacial score (nSPS) is 16.9. The van der Waals surface area contributed by atoms with E-state index in [9.17, 15) is 27.9 Å². The number of amides is 1. The highest BCUT2D eigenvalue weighted by molar-refractivity contribution is 6.44. The van der Waals surface area contributed by atoms with Gasteiger partial charge < -0.3 is 10.4 Å². The third-order valence-corrected chi connectivity index (χ3v) is 3.70. The molecule has 0 saturated heterocycles. The third-order valence-electron chi connectivity index (χ3n) is 3.70. The Bertz CT molecular complexity index is 879. The summed E-state index contributed by atoms with van der Waals surface area (Å²) >= 11 is 0. The van der Waals surface area contributed by atoms with Crippen LogP contribution in [0.1, 0.15) is 6.42 Å². The zero-order chi connectivity index (χ0) is 19.6. The molecule has 11 heteroatoms. The van der Waals surface area contributed by atoms with Gasteiger partial charge in [-0.1, -0.05) is 18.2 Å². The first-order chi connectivity index (χ1) is 12.7. The first-order valence-electron chi connectivity index (χ1n) is 7.79. The predicted octanol–water partition coefficient (Wildman–Crippen LogP) is 2.10. The molecule has 1 aliphatic heterocycles. The lowest BCUT2D eigenvalue weighted by molar-refractivity contribution is -0.142. The minimum absolute atomic E-state index is 0.0587. The Morgan fingerprint density at radius 1 is 1.22 bits per heavy atom. The van der Waals surface area contributed by atoms with Crippen molar-refractivity contribution in [3.63, 3.8) is 0 Å². The van der Waals surface area contributed by atoms with E-state index in [-0.39, 0.29) is 18.0 Å². The lowest BCUT2D eigenvalue weighted by atomic mass is 10.1. The van der Waals surface area contributed by atoms with E-state index in [4.69, 9.17) is 0 Å². The third kappa shape index (κ3) is 4.43. The van der Waals surface area contributed by atoms with Gasteiger partial charge in [0.1, 0.15) is 12.3 Å². The summed E-state index contributed by atoms with van der Waals surface area (Å²) in [4.78, 5) is 23.8. The lowest BCUT2D eigenvalue weighted by Gasteiger charge is -2.19. The number of nitrogens with one attached hydrogen (secondary N) is 1. The highest BCUT2D eigenvalue weighted by Crippen LogP contribution is 2.25. The zero-order valence-electron chi connectivity index (χ0n) is 13.7. The summed E-state index contributed by atoms with van der Waals surface area (Å²) < 4.78 is 37.7. The SMILES string of the molecule is O=C(Nc1ccn(CC(F)(F)F)n1)C1=NN(c2ccccc2)C(C(=O)O)C1. The number of hydrazone groups is 1. The number of carbonyl (C=O) groups excluding carboxylic acids is 1. The van der Waals surface area contributed by atoms with E-state index in [1.165, 1.54) is 11.1 Å². The Labute approximate surface area is 150 Å². The van der Waals surface area contributed by atoms with Crippen LogP contribution in [0.15, 0.2) is 47.7 Å². The van der Waals surface area contributed by atoms with Crippen LogP contribution in [-0.2, 0) is 16.1 Å². The second-order valence-electron chi connectivity index (χ2n) is 5.75. The van der Waals surface area contributed by atoms with Gasteiger partial charge in [-0.05, 0) is 12.1 Å².